The van der Waals surface area contributed by atoms with Gasteiger partial charge in [0.1, 0.15) is 0 Å². The minimum atomic E-state index is -0.115. The molecular weight excluding hydrogens is 238 g/mol. The second-order valence-electron chi connectivity index (χ2n) is 5.26. The first-order valence-electron chi connectivity index (χ1n) is 6.90. The van der Waals surface area contributed by atoms with Crippen molar-refractivity contribution in [2.75, 3.05) is 6.54 Å². The highest BCUT2D eigenvalue weighted by Crippen LogP contribution is 2.33. The monoisotopic (exact) mass is 257 g/mol. The summed E-state index contributed by atoms with van der Waals surface area (Å²) in [6.07, 6.45) is 3.21. The summed E-state index contributed by atoms with van der Waals surface area (Å²) in [5.41, 5.74) is 2.12. The molecule has 1 fully saturated rings. The molecule has 1 unspecified atom stereocenters. The normalized spacial score (nSPS) is 22.8. The minimum Gasteiger partial charge on any atom is -0.337 e. The van der Waals surface area contributed by atoms with Crippen molar-refractivity contribution >= 4 is 0 Å². The molecule has 0 amide bonds. The third-order valence-electron chi connectivity index (χ3n) is 3.99. The molecule has 1 atom stereocenters. The van der Waals surface area contributed by atoms with Crippen LogP contribution in [0.4, 0.5) is 0 Å². The summed E-state index contributed by atoms with van der Waals surface area (Å²) in [6, 6.07) is 8.19. The standard InChI is InChI=1S/C15H19N3O/c1-3-15(9-4-10-16-15)14-17-13(18-19-14)12-7-5-11(2)6-8-12/h5-8,16H,3-4,9-10H2,1-2H3. The molecule has 100 valence electrons. The lowest BCUT2D eigenvalue weighted by Crippen LogP contribution is -2.36. The molecular formula is C15H19N3O. The summed E-state index contributed by atoms with van der Waals surface area (Å²) in [7, 11) is 0. The van der Waals surface area contributed by atoms with Gasteiger partial charge in [-0.2, -0.15) is 4.98 Å². The Labute approximate surface area is 113 Å². The van der Waals surface area contributed by atoms with Gasteiger partial charge in [0.2, 0.25) is 11.7 Å². The van der Waals surface area contributed by atoms with E-state index in [1.54, 1.807) is 0 Å². The Morgan fingerprint density at radius 3 is 2.74 bits per heavy atom. The topological polar surface area (TPSA) is 51.0 Å². The highest BCUT2D eigenvalue weighted by molar-refractivity contribution is 5.54. The molecule has 0 saturated carbocycles. The zero-order chi connectivity index (χ0) is 13.3. The molecule has 3 rings (SSSR count). The fourth-order valence-electron chi connectivity index (χ4n) is 2.68. The second kappa shape index (κ2) is 4.78. The molecule has 2 heterocycles. The summed E-state index contributed by atoms with van der Waals surface area (Å²) >= 11 is 0. The number of aromatic nitrogens is 2. The molecule has 4 heteroatoms. The van der Waals surface area contributed by atoms with Crippen LogP contribution < -0.4 is 5.32 Å². The summed E-state index contributed by atoms with van der Waals surface area (Å²) in [6.45, 7) is 5.25. The lowest BCUT2D eigenvalue weighted by Gasteiger charge is -2.22. The Hall–Kier alpha value is -1.68. The molecule has 0 radical (unpaired) electrons. The van der Waals surface area contributed by atoms with Crippen LogP contribution in [0.15, 0.2) is 28.8 Å². The highest BCUT2D eigenvalue weighted by Gasteiger charge is 2.38. The van der Waals surface area contributed by atoms with Crippen molar-refractivity contribution in [1.29, 1.82) is 0 Å². The highest BCUT2D eigenvalue weighted by atomic mass is 16.5. The molecule has 0 spiro atoms. The zero-order valence-electron chi connectivity index (χ0n) is 11.4. The van der Waals surface area contributed by atoms with Crippen LogP contribution in [-0.2, 0) is 5.54 Å². The van der Waals surface area contributed by atoms with Crippen molar-refractivity contribution < 1.29 is 4.52 Å². The minimum absolute atomic E-state index is 0.115. The van der Waals surface area contributed by atoms with Crippen molar-refractivity contribution in [1.82, 2.24) is 15.5 Å². The van der Waals surface area contributed by atoms with Crippen LogP contribution in [0, 0.1) is 6.92 Å². The van der Waals surface area contributed by atoms with E-state index in [0.717, 1.165) is 37.3 Å². The van der Waals surface area contributed by atoms with E-state index in [2.05, 4.69) is 41.4 Å². The average molecular weight is 257 g/mol. The zero-order valence-corrected chi connectivity index (χ0v) is 11.4. The van der Waals surface area contributed by atoms with Crippen LogP contribution in [-0.4, -0.2) is 16.7 Å². The maximum Gasteiger partial charge on any atom is 0.247 e. The SMILES string of the molecule is CCC1(c2nc(-c3ccc(C)cc3)no2)CCCN1. The summed E-state index contributed by atoms with van der Waals surface area (Å²) < 4.78 is 5.50. The van der Waals surface area contributed by atoms with Gasteiger partial charge < -0.3 is 9.84 Å². The van der Waals surface area contributed by atoms with Crippen LogP contribution >= 0.6 is 0 Å². The predicted octanol–water partition coefficient (Wildman–Crippen LogP) is 3.03. The summed E-state index contributed by atoms with van der Waals surface area (Å²) in [4.78, 5) is 4.59. The second-order valence-corrected chi connectivity index (χ2v) is 5.26. The quantitative estimate of drug-likeness (QED) is 0.918. The Bertz CT molecular complexity index is 553. The number of rotatable bonds is 3. The van der Waals surface area contributed by atoms with E-state index in [0.29, 0.717) is 5.82 Å². The van der Waals surface area contributed by atoms with E-state index >= 15 is 0 Å². The molecule has 4 nitrogen and oxygen atoms in total. The predicted molar refractivity (Wildman–Crippen MR) is 73.7 cm³/mol. The molecule has 2 aromatic rings. The molecule has 19 heavy (non-hydrogen) atoms. The summed E-state index contributed by atoms with van der Waals surface area (Å²) in [5.74, 6) is 1.40. The van der Waals surface area contributed by atoms with Gasteiger partial charge in [-0.1, -0.05) is 41.9 Å². The Balaban J connectivity index is 1.92. The first kappa shape index (κ1) is 12.4. The van der Waals surface area contributed by atoms with E-state index in [4.69, 9.17) is 4.52 Å². The lowest BCUT2D eigenvalue weighted by molar-refractivity contribution is 0.250. The van der Waals surface area contributed by atoms with Crippen LogP contribution in [0.2, 0.25) is 0 Å². The number of nitrogens with zero attached hydrogens (tertiary/aromatic N) is 2. The van der Waals surface area contributed by atoms with Crippen molar-refractivity contribution in [3.8, 4) is 11.4 Å². The molecule has 0 aliphatic carbocycles. The number of nitrogens with one attached hydrogen (secondary N) is 1. The third kappa shape index (κ3) is 2.16. The first-order chi connectivity index (χ1) is 9.23. The van der Waals surface area contributed by atoms with E-state index < -0.39 is 0 Å². The van der Waals surface area contributed by atoms with Crippen molar-refractivity contribution in [3.05, 3.63) is 35.7 Å². The van der Waals surface area contributed by atoms with Gasteiger partial charge in [0, 0.05) is 5.56 Å². The Morgan fingerprint density at radius 2 is 2.11 bits per heavy atom. The smallest absolute Gasteiger partial charge is 0.247 e. The van der Waals surface area contributed by atoms with E-state index in [1.165, 1.54) is 5.56 Å². The van der Waals surface area contributed by atoms with Crippen LogP contribution in [0.25, 0.3) is 11.4 Å². The molecule has 1 aliphatic heterocycles. The fraction of sp³-hybridized carbons (Fsp3) is 0.467. The third-order valence-corrected chi connectivity index (χ3v) is 3.99. The summed E-state index contributed by atoms with van der Waals surface area (Å²) in [5, 5.41) is 7.64. The number of hydrogen-bond donors (Lipinski definition) is 1. The number of hydrogen-bond acceptors (Lipinski definition) is 4. The van der Waals surface area contributed by atoms with Gasteiger partial charge >= 0.3 is 0 Å². The molecule has 1 aromatic heterocycles. The van der Waals surface area contributed by atoms with Crippen molar-refractivity contribution in [2.45, 2.75) is 38.6 Å². The molecule has 0 bridgehead atoms. The van der Waals surface area contributed by atoms with Gasteiger partial charge in [-0.05, 0) is 32.7 Å². The van der Waals surface area contributed by atoms with Gasteiger partial charge in [-0.3, -0.25) is 0 Å². The fourth-order valence-corrected chi connectivity index (χ4v) is 2.68. The van der Waals surface area contributed by atoms with E-state index in [-0.39, 0.29) is 5.54 Å². The number of benzene rings is 1. The molecule has 1 N–H and O–H groups in total. The Morgan fingerprint density at radius 1 is 1.32 bits per heavy atom. The van der Waals surface area contributed by atoms with E-state index in [1.807, 2.05) is 12.1 Å². The van der Waals surface area contributed by atoms with Crippen LogP contribution in [0.1, 0.15) is 37.6 Å². The largest absolute Gasteiger partial charge is 0.337 e. The maximum absolute atomic E-state index is 5.50. The average Bonchev–Trinajstić information content (AvgIpc) is 3.09. The van der Waals surface area contributed by atoms with E-state index in [9.17, 15) is 0 Å². The first-order valence-corrected chi connectivity index (χ1v) is 6.90. The van der Waals surface area contributed by atoms with Gasteiger partial charge in [0.15, 0.2) is 0 Å². The van der Waals surface area contributed by atoms with Crippen LogP contribution in [0.5, 0.6) is 0 Å². The van der Waals surface area contributed by atoms with Crippen molar-refractivity contribution in [3.63, 3.8) is 0 Å². The molecule has 1 aliphatic rings. The van der Waals surface area contributed by atoms with Gasteiger partial charge in [0.05, 0.1) is 5.54 Å². The van der Waals surface area contributed by atoms with Gasteiger partial charge in [0.25, 0.3) is 0 Å². The van der Waals surface area contributed by atoms with Gasteiger partial charge in [-0.15, -0.1) is 0 Å². The molecule has 1 saturated heterocycles. The molecule has 1 aromatic carbocycles. The van der Waals surface area contributed by atoms with Gasteiger partial charge in [-0.25, -0.2) is 0 Å². The lowest BCUT2D eigenvalue weighted by atomic mass is 9.94. The van der Waals surface area contributed by atoms with Crippen LogP contribution in [0.3, 0.4) is 0 Å². The number of aryl methyl sites for hydroxylation is 1. The Kier molecular flexibility index (Phi) is 3.11. The maximum atomic E-state index is 5.50. The van der Waals surface area contributed by atoms with Crippen molar-refractivity contribution in [2.24, 2.45) is 0 Å².